The van der Waals surface area contributed by atoms with Crippen molar-refractivity contribution in [2.24, 2.45) is 0 Å². The van der Waals surface area contributed by atoms with E-state index in [0.29, 0.717) is 11.6 Å². The molecular formula is C20H23N5O. The Morgan fingerprint density at radius 1 is 1.12 bits per heavy atom. The van der Waals surface area contributed by atoms with Crippen LogP contribution in [-0.4, -0.2) is 34.1 Å². The number of nitrogens with zero attached hydrogens (tertiary/aromatic N) is 2. The number of hydrogen-bond donors (Lipinski definition) is 3. The number of fused-ring (bicyclic) bond motifs is 1. The SMILES string of the molecule is Cc1cncc(-c2cnc(NC3CCNCC3)c3[nH]c(=O)c(C)cc23)c1. The lowest BCUT2D eigenvalue weighted by Crippen LogP contribution is -2.35. The lowest BCUT2D eigenvalue weighted by atomic mass is 10.0. The molecule has 26 heavy (non-hydrogen) atoms. The third-order valence-corrected chi connectivity index (χ3v) is 4.94. The largest absolute Gasteiger partial charge is 0.366 e. The van der Waals surface area contributed by atoms with Crippen LogP contribution in [0.3, 0.4) is 0 Å². The summed E-state index contributed by atoms with van der Waals surface area (Å²) in [7, 11) is 0. The standard InChI is InChI=1S/C20H23N5O/c1-12-7-14(10-22-9-12)17-11-23-19(24-15-3-5-21-6-4-15)18-16(17)8-13(2)20(26)25-18/h7-11,15,21H,3-6H2,1-2H3,(H,23,24)(H,25,26). The molecule has 3 aromatic rings. The minimum atomic E-state index is -0.0767. The molecule has 4 heterocycles. The number of hydrogen-bond acceptors (Lipinski definition) is 5. The molecule has 0 atom stereocenters. The van der Waals surface area contributed by atoms with Gasteiger partial charge in [-0.3, -0.25) is 9.78 Å². The van der Waals surface area contributed by atoms with Crippen LogP contribution in [0.25, 0.3) is 22.0 Å². The van der Waals surface area contributed by atoms with Crippen molar-refractivity contribution in [2.75, 3.05) is 18.4 Å². The summed E-state index contributed by atoms with van der Waals surface area (Å²) >= 11 is 0. The van der Waals surface area contributed by atoms with Crippen LogP contribution in [0, 0.1) is 13.8 Å². The van der Waals surface area contributed by atoms with Gasteiger partial charge in [0.05, 0.1) is 5.52 Å². The highest BCUT2D eigenvalue weighted by Crippen LogP contribution is 2.31. The van der Waals surface area contributed by atoms with Crippen LogP contribution in [-0.2, 0) is 0 Å². The Hall–Kier alpha value is -2.73. The van der Waals surface area contributed by atoms with Gasteiger partial charge < -0.3 is 15.6 Å². The summed E-state index contributed by atoms with van der Waals surface area (Å²) in [6, 6.07) is 4.40. The van der Waals surface area contributed by atoms with Gasteiger partial charge in [-0.2, -0.15) is 0 Å². The summed E-state index contributed by atoms with van der Waals surface area (Å²) in [5, 5.41) is 7.88. The molecule has 134 valence electrons. The van der Waals surface area contributed by atoms with E-state index in [1.165, 1.54) is 0 Å². The smallest absolute Gasteiger partial charge is 0.251 e. The second-order valence-electron chi connectivity index (χ2n) is 7.01. The maximum absolute atomic E-state index is 12.2. The lowest BCUT2D eigenvalue weighted by Gasteiger charge is -2.25. The lowest BCUT2D eigenvalue weighted by molar-refractivity contribution is 0.478. The second kappa shape index (κ2) is 6.88. The number of aromatic nitrogens is 3. The zero-order valence-corrected chi connectivity index (χ0v) is 15.1. The van der Waals surface area contributed by atoms with Crippen LogP contribution in [0.15, 0.2) is 35.5 Å². The fourth-order valence-corrected chi connectivity index (χ4v) is 3.50. The molecule has 0 radical (unpaired) electrons. The van der Waals surface area contributed by atoms with E-state index in [1.807, 2.05) is 38.5 Å². The molecule has 6 nitrogen and oxygen atoms in total. The molecule has 0 saturated carbocycles. The number of aryl methyl sites for hydroxylation is 2. The molecular weight excluding hydrogens is 326 g/mol. The van der Waals surface area contributed by atoms with Crippen molar-refractivity contribution in [2.45, 2.75) is 32.7 Å². The second-order valence-corrected chi connectivity index (χ2v) is 7.01. The number of anilines is 1. The van der Waals surface area contributed by atoms with Crippen LogP contribution >= 0.6 is 0 Å². The molecule has 4 rings (SSSR count). The van der Waals surface area contributed by atoms with Crippen molar-refractivity contribution in [3.8, 4) is 11.1 Å². The molecule has 6 heteroatoms. The van der Waals surface area contributed by atoms with E-state index >= 15 is 0 Å². The highest BCUT2D eigenvalue weighted by atomic mass is 16.1. The van der Waals surface area contributed by atoms with Gasteiger partial charge in [0.2, 0.25) is 0 Å². The molecule has 1 aliphatic rings. The first-order valence-corrected chi connectivity index (χ1v) is 9.04. The van der Waals surface area contributed by atoms with Crippen molar-refractivity contribution >= 4 is 16.7 Å². The maximum Gasteiger partial charge on any atom is 0.251 e. The van der Waals surface area contributed by atoms with E-state index < -0.39 is 0 Å². The Morgan fingerprint density at radius 3 is 2.69 bits per heavy atom. The van der Waals surface area contributed by atoms with Crippen LogP contribution < -0.4 is 16.2 Å². The Bertz CT molecular complexity index is 1000. The fourth-order valence-electron chi connectivity index (χ4n) is 3.50. The van der Waals surface area contributed by atoms with Gasteiger partial charge in [-0.05, 0) is 57.5 Å². The first-order valence-electron chi connectivity index (χ1n) is 9.04. The van der Waals surface area contributed by atoms with Crippen molar-refractivity contribution in [3.05, 3.63) is 52.2 Å². The van der Waals surface area contributed by atoms with Crippen molar-refractivity contribution in [3.63, 3.8) is 0 Å². The predicted molar refractivity (Wildman–Crippen MR) is 105 cm³/mol. The van der Waals surface area contributed by atoms with Gasteiger partial charge in [0.1, 0.15) is 0 Å². The van der Waals surface area contributed by atoms with E-state index in [1.54, 1.807) is 0 Å². The monoisotopic (exact) mass is 349 g/mol. The number of rotatable bonds is 3. The summed E-state index contributed by atoms with van der Waals surface area (Å²) < 4.78 is 0. The summed E-state index contributed by atoms with van der Waals surface area (Å²) in [5.74, 6) is 0.744. The molecule has 1 saturated heterocycles. The van der Waals surface area contributed by atoms with E-state index in [-0.39, 0.29) is 5.56 Å². The fraction of sp³-hybridized carbons (Fsp3) is 0.350. The topological polar surface area (TPSA) is 82.7 Å². The van der Waals surface area contributed by atoms with E-state index in [9.17, 15) is 4.79 Å². The predicted octanol–water partition coefficient (Wildman–Crippen LogP) is 2.77. The third-order valence-electron chi connectivity index (χ3n) is 4.94. The molecule has 0 unspecified atom stereocenters. The Kier molecular flexibility index (Phi) is 4.42. The molecule has 0 aliphatic carbocycles. The molecule has 0 amide bonds. The minimum Gasteiger partial charge on any atom is -0.366 e. The maximum atomic E-state index is 12.2. The van der Waals surface area contributed by atoms with Gasteiger partial charge in [-0.1, -0.05) is 0 Å². The van der Waals surface area contributed by atoms with Crippen LogP contribution in [0.5, 0.6) is 0 Å². The van der Waals surface area contributed by atoms with Gasteiger partial charge in [0, 0.05) is 46.7 Å². The van der Waals surface area contributed by atoms with E-state index in [2.05, 4.69) is 31.7 Å². The molecule has 0 aromatic carbocycles. The third kappa shape index (κ3) is 3.20. The molecule has 0 bridgehead atoms. The van der Waals surface area contributed by atoms with Crippen molar-refractivity contribution in [1.82, 2.24) is 20.3 Å². The summed E-state index contributed by atoms with van der Waals surface area (Å²) in [4.78, 5) is 24.2. The van der Waals surface area contributed by atoms with Gasteiger partial charge in [-0.15, -0.1) is 0 Å². The van der Waals surface area contributed by atoms with Gasteiger partial charge >= 0.3 is 0 Å². The number of nitrogens with one attached hydrogen (secondary N) is 3. The van der Waals surface area contributed by atoms with Crippen molar-refractivity contribution in [1.29, 1.82) is 0 Å². The Balaban J connectivity index is 1.86. The molecule has 3 N–H and O–H groups in total. The van der Waals surface area contributed by atoms with Gasteiger partial charge in [-0.25, -0.2) is 4.98 Å². The first-order chi connectivity index (χ1) is 12.6. The number of piperidine rings is 1. The van der Waals surface area contributed by atoms with Crippen LogP contribution in [0.2, 0.25) is 0 Å². The highest BCUT2D eigenvalue weighted by Gasteiger charge is 2.17. The first kappa shape index (κ1) is 16.7. The van der Waals surface area contributed by atoms with E-state index in [0.717, 1.165) is 59.3 Å². The summed E-state index contributed by atoms with van der Waals surface area (Å²) in [5.41, 5.74) is 4.45. The highest BCUT2D eigenvalue weighted by molar-refractivity contribution is 5.99. The van der Waals surface area contributed by atoms with Crippen molar-refractivity contribution < 1.29 is 0 Å². The normalized spacial score (nSPS) is 15.3. The quantitative estimate of drug-likeness (QED) is 0.677. The zero-order valence-electron chi connectivity index (χ0n) is 15.1. The Morgan fingerprint density at radius 2 is 1.92 bits per heavy atom. The molecule has 0 spiro atoms. The van der Waals surface area contributed by atoms with E-state index in [4.69, 9.17) is 0 Å². The van der Waals surface area contributed by atoms with Gasteiger partial charge in [0.25, 0.3) is 5.56 Å². The molecule has 3 aromatic heterocycles. The average Bonchev–Trinajstić information content (AvgIpc) is 2.64. The zero-order chi connectivity index (χ0) is 18.1. The number of H-pyrrole nitrogens is 1. The van der Waals surface area contributed by atoms with Crippen LogP contribution in [0.4, 0.5) is 5.82 Å². The van der Waals surface area contributed by atoms with Gasteiger partial charge in [0.15, 0.2) is 5.82 Å². The molecule has 1 aliphatic heterocycles. The summed E-state index contributed by atoms with van der Waals surface area (Å²) in [6.07, 6.45) is 7.63. The minimum absolute atomic E-state index is 0.0767. The average molecular weight is 349 g/mol. The van der Waals surface area contributed by atoms with Crippen LogP contribution in [0.1, 0.15) is 24.0 Å². The Labute approximate surface area is 152 Å². The number of pyridine rings is 3. The molecule has 1 fully saturated rings. The summed E-state index contributed by atoms with van der Waals surface area (Å²) in [6.45, 7) is 5.85. The number of aromatic amines is 1.